The van der Waals surface area contributed by atoms with Crippen molar-refractivity contribution in [3.63, 3.8) is 0 Å². The smallest absolute Gasteiger partial charge is 0.0554 e. The molecule has 0 aromatic heterocycles. The molecule has 0 saturated heterocycles. The van der Waals surface area contributed by atoms with Gasteiger partial charge in [-0.2, -0.15) is 0 Å². The van der Waals surface area contributed by atoms with Crippen LogP contribution in [0.25, 0.3) is 0 Å². The van der Waals surface area contributed by atoms with E-state index in [1.165, 1.54) is 27.9 Å². The van der Waals surface area contributed by atoms with Crippen molar-refractivity contribution in [2.24, 2.45) is 5.92 Å². The Morgan fingerprint density at radius 2 is 1.83 bits per heavy atom. The Morgan fingerprint density at radius 1 is 1.08 bits per heavy atom. The average Bonchev–Trinajstić information content (AvgIpc) is 3.07. The molecule has 2 heteroatoms. The second-order valence-electron chi connectivity index (χ2n) is 7.45. The van der Waals surface area contributed by atoms with Gasteiger partial charge in [0, 0.05) is 22.2 Å². The van der Waals surface area contributed by atoms with Gasteiger partial charge in [-0.3, -0.25) is 0 Å². The Bertz CT molecular complexity index is 788. The lowest BCUT2D eigenvalue weighted by Gasteiger charge is -2.39. The van der Waals surface area contributed by atoms with Gasteiger partial charge in [-0.25, -0.2) is 0 Å². The van der Waals surface area contributed by atoms with Crippen LogP contribution in [0.15, 0.2) is 48.6 Å². The van der Waals surface area contributed by atoms with E-state index in [9.17, 15) is 0 Å². The number of anilines is 1. The summed E-state index contributed by atoms with van der Waals surface area (Å²) in [6.07, 6.45) is 5.78. The predicted molar refractivity (Wildman–Crippen MR) is 103 cm³/mol. The normalized spacial score (nSPS) is 24.6. The second kappa shape index (κ2) is 5.97. The molecule has 0 saturated carbocycles. The van der Waals surface area contributed by atoms with Crippen LogP contribution in [0.4, 0.5) is 5.69 Å². The lowest BCUT2D eigenvalue weighted by Crippen LogP contribution is -2.29. The molecule has 0 amide bonds. The summed E-state index contributed by atoms with van der Waals surface area (Å²) in [4.78, 5) is 0. The number of aryl methyl sites for hydroxylation is 1. The summed E-state index contributed by atoms with van der Waals surface area (Å²) in [5.41, 5.74) is 6.56. The third kappa shape index (κ3) is 2.46. The lowest BCUT2D eigenvalue weighted by atomic mass is 9.76. The maximum Gasteiger partial charge on any atom is 0.0554 e. The molecule has 3 atom stereocenters. The highest BCUT2D eigenvalue weighted by atomic mass is 35.5. The van der Waals surface area contributed by atoms with E-state index in [-0.39, 0.29) is 0 Å². The molecule has 2 aromatic carbocycles. The summed E-state index contributed by atoms with van der Waals surface area (Å²) >= 11 is 6.56. The van der Waals surface area contributed by atoms with E-state index < -0.39 is 0 Å². The zero-order chi connectivity index (χ0) is 16.8. The summed E-state index contributed by atoms with van der Waals surface area (Å²) in [6.45, 7) is 6.65. The van der Waals surface area contributed by atoms with E-state index >= 15 is 0 Å². The summed E-state index contributed by atoms with van der Waals surface area (Å²) in [6, 6.07) is 13.7. The standard InChI is InChI=1S/C22H24ClN/c1-13(2)15-8-10-16(11-9-15)22-18-6-4-5-17(18)20-19(23)12-7-14(3)21(20)24-22/h4-5,7-13,17-18,22,24H,6H2,1-3H3. The highest BCUT2D eigenvalue weighted by Crippen LogP contribution is 2.52. The Labute approximate surface area is 149 Å². The minimum Gasteiger partial charge on any atom is -0.377 e. The fourth-order valence-electron chi connectivity index (χ4n) is 4.23. The maximum absolute atomic E-state index is 6.56. The fraction of sp³-hybridized carbons (Fsp3) is 0.364. The molecule has 1 N–H and O–H groups in total. The van der Waals surface area contributed by atoms with Gasteiger partial charge in [-0.15, -0.1) is 0 Å². The number of nitrogens with one attached hydrogen (secondary N) is 1. The molecule has 1 aliphatic carbocycles. The Hall–Kier alpha value is -1.73. The quantitative estimate of drug-likeness (QED) is 0.609. The van der Waals surface area contributed by atoms with Crippen LogP contribution >= 0.6 is 11.6 Å². The van der Waals surface area contributed by atoms with Crippen molar-refractivity contribution in [2.45, 2.75) is 45.1 Å². The van der Waals surface area contributed by atoms with Crippen molar-refractivity contribution >= 4 is 17.3 Å². The predicted octanol–water partition coefficient (Wildman–Crippen LogP) is 6.60. The van der Waals surface area contributed by atoms with Gasteiger partial charge >= 0.3 is 0 Å². The topological polar surface area (TPSA) is 12.0 Å². The first-order valence-electron chi connectivity index (χ1n) is 8.88. The summed E-state index contributed by atoms with van der Waals surface area (Å²) in [7, 11) is 0. The molecule has 1 nitrogen and oxygen atoms in total. The maximum atomic E-state index is 6.56. The molecule has 1 aliphatic heterocycles. The van der Waals surface area contributed by atoms with Crippen LogP contribution in [0.2, 0.25) is 5.02 Å². The zero-order valence-corrected chi connectivity index (χ0v) is 15.3. The summed E-state index contributed by atoms with van der Waals surface area (Å²) < 4.78 is 0. The lowest BCUT2D eigenvalue weighted by molar-refractivity contribution is 0.425. The molecule has 0 fully saturated rings. The number of halogens is 1. The average molecular weight is 338 g/mol. The Balaban J connectivity index is 1.77. The molecule has 3 unspecified atom stereocenters. The molecular weight excluding hydrogens is 314 g/mol. The highest BCUT2D eigenvalue weighted by Gasteiger charge is 2.39. The van der Waals surface area contributed by atoms with Crippen molar-refractivity contribution in [3.8, 4) is 0 Å². The number of allylic oxidation sites excluding steroid dienone is 2. The number of fused-ring (bicyclic) bond motifs is 3. The monoisotopic (exact) mass is 337 g/mol. The minimum atomic E-state index is 0.343. The van der Waals surface area contributed by atoms with Crippen molar-refractivity contribution < 1.29 is 0 Å². The van der Waals surface area contributed by atoms with Gasteiger partial charge in [-0.05, 0) is 47.9 Å². The third-order valence-corrected chi connectivity index (χ3v) is 5.97. The van der Waals surface area contributed by atoms with Gasteiger partial charge in [0.1, 0.15) is 0 Å². The molecule has 0 bridgehead atoms. The van der Waals surface area contributed by atoms with Crippen molar-refractivity contribution in [3.05, 3.63) is 75.8 Å². The van der Waals surface area contributed by atoms with Crippen LogP contribution in [0.1, 0.15) is 60.4 Å². The van der Waals surface area contributed by atoms with E-state index in [0.29, 0.717) is 23.8 Å². The van der Waals surface area contributed by atoms with Crippen molar-refractivity contribution in [1.29, 1.82) is 0 Å². The van der Waals surface area contributed by atoms with Crippen molar-refractivity contribution in [2.75, 3.05) is 5.32 Å². The SMILES string of the molecule is Cc1ccc(Cl)c2c1NC(c1ccc(C(C)C)cc1)C1CC=CC21. The number of rotatable bonds is 2. The first-order valence-corrected chi connectivity index (χ1v) is 9.26. The van der Waals surface area contributed by atoms with Crippen LogP contribution in [-0.4, -0.2) is 0 Å². The van der Waals surface area contributed by atoms with Gasteiger partial charge in [0.25, 0.3) is 0 Å². The largest absolute Gasteiger partial charge is 0.377 e. The molecule has 0 spiro atoms. The summed E-state index contributed by atoms with van der Waals surface area (Å²) in [5, 5.41) is 4.71. The van der Waals surface area contributed by atoms with Crippen molar-refractivity contribution in [1.82, 2.24) is 0 Å². The van der Waals surface area contributed by atoms with Gasteiger partial charge in [0.05, 0.1) is 6.04 Å². The van der Waals surface area contributed by atoms with Gasteiger partial charge in [-0.1, -0.05) is 67.9 Å². The molecule has 24 heavy (non-hydrogen) atoms. The molecule has 4 rings (SSSR count). The fourth-order valence-corrected chi connectivity index (χ4v) is 4.51. The van der Waals surface area contributed by atoms with Gasteiger partial charge in [0.15, 0.2) is 0 Å². The van der Waals surface area contributed by atoms with Gasteiger partial charge in [0.2, 0.25) is 0 Å². The van der Waals surface area contributed by atoms with Gasteiger partial charge < -0.3 is 5.32 Å². The first-order chi connectivity index (χ1) is 11.6. The summed E-state index contributed by atoms with van der Waals surface area (Å²) in [5.74, 6) is 1.53. The number of hydrogen-bond acceptors (Lipinski definition) is 1. The van der Waals surface area contributed by atoms with Crippen LogP contribution in [-0.2, 0) is 0 Å². The Kier molecular flexibility index (Phi) is 3.92. The van der Waals surface area contributed by atoms with E-state index in [2.05, 4.69) is 68.6 Å². The molecule has 2 aliphatic rings. The number of benzene rings is 2. The highest BCUT2D eigenvalue weighted by molar-refractivity contribution is 6.32. The second-order valence-corrected chi connectivity index (χ2v) is 7.86. The van der Waals surface area contributed by atoms with E-state index in [4.69, 9.17) is 11.6 Å². The van der Waals surface area contributed by atoms with Crippen LogP contribution in [0.3, 0.4) is 0 Å². The molecule has 124 valence electrons. The van der Waals surface area contributed by atoms with E-state index in [0.717, 1.165) is 11.4 Å². The Morgan fingerprint density at radius 3 is 2.54 bits per heavy atom. The first kappa shape index (κ1) is 15.8. The van der Waals surface area contributed by atoms with Crippen LogP contribution in [0.5, 0.6) is 0 Å². The van der Waals surface area contributed by atoms with E-state index in [1.54, 1.807) is 0 Å². The molecule has 2 aromatic rings. The number of hydrogen-bond donors (Lipinski definition) is 1. The van der Waals surface area contributed by atoms with Crippen LogP contribution < -0.4 is 5.32 Å². The molecule has 0 radical (unpaired) electrons. The zero-order valence-electron chi connectivity index (χ0n) is 14.5. The molecule has 1 heterocycles. The molecular formula is C22H24ClN. The van der Waals surface area contributed by atoms with E-state index in [1.807, 2.05) is 6.07 Å². The van der Waals surface area contributed by atoms with Crippen LogP contribution in [0, 0.1) is 12.8 Å². The minimum absolute atomic E-state index is 0.343. The third-order valence-electron chi connectivity index (χ3n) is 5.64.